The van der Waals surface area contributed by atoms with E-state index >= 15 is 0 Å². The van der Waals surface area contributed by atoms with E-state index in [0.717, 1.165) is 23.5 Å². The monoisotopic (exact) mass is 294 g/mol. The van der Waals surface area contributed by atoms with Crippen molar-refractivity contribution in [2.75, 3.05) is 6.54 Å². The summed E-state index contributed by atoms with van der Waals surface area (Å²) in [7, 11) is 0. The second kappa shape index (κ2) is 7.40. The first-order valence-electron chi connectivity index (χ1n) is 6.57. The molecule has 0 aliphatic heterocycles. The van der Waals surface area contributed by atoms with Gasteiger partial charge >= 0.3 is 0 Å². The van der Waals surface area contributed by atoms with Gasteiger partial charge in [0.05, 0.1) is 0 Å². The Morgan fingerprint density at radius 2 is 2.21 bits per heavy atom. The minimum absolute atomic E-state index is 0.0609. The molecule has 2 heterocycles. The second-order valence-electron chi connectivity index (χ2n) is 4.37. The van der Waals surface area contributed by atoms with Crippen molar-refractivity contribution in [3.8, 4) is 10.6 Å². The van der Waals surface area contributed by atoms with E-state index in [-0.39, 0.29) is 5.91 Å². The SMILES string of the molecule is CCCCCCNC(=O)c1csc(-c2ccsc2)n1. The smallest absolute Gasteiger partial charge is 0.270 e. The lowest BCUT2D eigenvalue weighted by atomic mass is 10.2. The van der Waals surface area contributed by atoms with E-state index in [2.05, 4.69) is 17.2 Å². The molecule has 1 N–H and O–H groups in total. The first-order valence-corrected chi connectivity index (χ1v) is 8.40. The minimum Gasteiger partial charge on any atom is -0.351 e. The molecule has 0 saturated carbocycles. The van der Waals surface area contributed by atoms with Crippen LogP contribution in [0, 0.1) is 0 Å². The Labute approximate surface area is 121 Å². The van der Waals surface area contributed by atoms with Crippen molar-refractivity contribution < 1.29 is 4.79 Å². The summed E-state index contributed by atoms with van der Waals surface area (Å²) >= 11 is 3.16. The quantitative estimate of drug-likeness (QED) is 0.778. The number of aromatic nitrogens is 1. The van der Waals surface area contributed by atoms with Crippen LogP contribution in [0.1, 0.15) is 43.1 Å². The van der Waals surface area contributed by atoms with Gasteiger partial charge in [-0.1, -0.05) is 26.2 Å². The molecule has 3 nitrogen and oxygen atoms in total. The van der Waals surface area contributed by atoms with Crippen LogP contribution in [0.2, 0.25) is 0 Å². The number of rotatable bonds is 7. The zero-order valence-electron chi connectivity index (χ0n) is 11.0. The van der Waals surface area contributed by atoms with Gasteiger partial charge in [0.1, 0.15) is 10.7 Å². The highest BCUT2D eigenvalue weighted by Crippen LogP contribution is 2.25. The first-order chi connectivity index (χ1) is 9.31. The Kier molecular flexibility index (Phi) is 5.54. The van der Waals surface area contributed by atoms with Gasteiger partial charge in [0.15, 0.2) is 0 Å². The van der Waals surface area contributed by atoms with Crippen LogP contribution in [0.5, 0.6) is 0 Å². The van der Waals surface area contributed by atoms with Crippen molar-refractivity contribution in [3.63, 3.8) is 0 Å². The second-order valence-corrected chi connectivity index (χ2v) is 6.00. The molecule has 2 aromatic heterocycles. The molecule has 102 valence electrons. The average Bonchev–Trinajstić information content (AvgIpc) is 3.08. The largest absolute Gasteiger partial charge is 0.351 e. The van der Waals surface area contributed by atoms with Gasteiger partial charge in [-0.15, -0.1) is 11.3 Å². The fourth-order valence-corrected chi connectivity index (χ4v) is 3.25. The highest BCUT2D eigenvalue weighted by molar-refractivity contribution is 7.14. The maximum atomic E-state index is 11.9. The van der Waals surface area contributed by atoms with E-state index in [9.17, 15) is 4.79 Å². The Morgan fingerprint density at radius 1 is 1.32 bits per heavy atom. The third-order valence-corrected chi connectivity index (χ3v) is 4.40. The van der Waals surface area contributed by atoms with E-state index < -0.39 is 0 Å². The lowest BCUT2D eigenvalue weighted by Gasteiger charge is -2.02. The zero-order chi connectivity index (χ0) is 13.5. The molecule has 2 aromatic rings. The Hall–Kier alpha value is -1.20. The number of thiazole rings is 1. The molecule has 1 amide bonds. The molecule has 0 spiro atoms. The summed E-state index contributed by atoms with van der Waals surface area (Å²) in [4.78, 5) is 16.3. The molecular formula is C14H18N2OS2. The van der Waals surface area contributed by atoms with Crippen molar-refractivity contribution in [2.24, 2.45) is 0 Å². The third-order valence-electron chi connectivity index (χ3n) is 2.82. The molecule has 2 rings (SSSR count). The van der Waals surface area contributed by atoms with Gasteiger partial charge in [0.2, 0.25) is 0 Å². The predicted molar refractivity (Wildman–Crippen MR) is 81.9 cm³/mol. The first kappa shape index (κ1) is 14.2. The molecule has 0 unspecified atom stereocenters. The molecule has 0 saturated heterocycles. The Balaban J connectivity index is 1.83. The average molecular weight is 294 g/mol. The maximum absolute atomic E-state index is 11.9. The number of hydrogen-bond donors (Lipinski definition) is 1. The zero-order valence-corrected chi connectivity index (χ0v) is 12.6. The highest BCUT2D eigenvalue weighted by atomic mass is 32.1. The van der Waals surface area contributed by atoms with Crippen LogP contribution in [0.25, 0.3) is 10.6 Å². The summed E-state index contributed by atoms with van der Waals surface area (Å²) in [6.45, 7) is 2.92. The van der Waals surface area contributed by atoms with Crippen molar-refractivity contribution >= 4 is 28.6 Å². The summed E-state index contributed by atoms with van der Waals surface area (Å²) in [5, 5.41) is 9.73. The van der Waals surface area contributed by atoms with Gasteiger partial charge in [0.25, 0.3) is 5.91 Å². The van der Waals surface area contributed by atoms with Gasteiger partial charge in [-0.05, 0) is 17.9 Å². The van der Waals surface area contributed by atoms with Gasteiger partial charge in [0, 0.05) is 22.9 Å². The third kappa shape index (κ3) is 4.14. The van der Waals surface area contributed by atoms with Crippen LogP contribution in [0.15, 0.2) is 22.2 Å². The summed E-state index contributed by atoms with van der Waals surface area (Å²) < 4.78 is 0. The highest BCUT2D eigenvalue weighted by Gasteiger charge is 2.11. The number of thiophene rings is 1. The summed E-state index contributed by atoms with van der Waals surface area (Å²) in [5.74, 6) is -0.0609. The van der Waals surface area contributed by atoms with Crippen molar-refractivity contribution in [1.82, 2.24) is 10.3 Å². The van der Waals surface area contributed by atoms with Crippen LogP contribution < -0.4 is 5.32 Å². The maximum Gasteiger partial charge on any atom is 0.270 e. The van der Waals surface area contributed by atoms with E-state index in [0.29, 0.717) is 5.69 Å². The Morgan fingerprint density at radius 3 is 2.95 bits per heavy atom. The van der Waals surface area contributed by atoms with Gasteiger partial charge < -0.3 is 5.32 Å². The molecule has 0 radical (unpaired) electrons. The molecule has 0 aliphatic rings. The van der Waals surface area contributed by atoms with Crippen molar-refractivity contribution in [1.29, 1.82) is 0 Å². The molecule has 0 aliphatic carbocycles. The predicted octanol–water partition coefficient (Wildman–Crippen LogP) is 4.18. The molecular weight excluding hydrogens is 276 g/mol. The molecule has 0 aromatic carbocycles. The van der Waals surface area contributed by atoms with E-state index in [1.807, 2.05) is 22.2 Å². The molecule has 5 heteroatoms. The molecule has 0 atom stereocenters. The topological polar surface area (TPSA) is 42.0 Å². The fourth-order valence-electron chi connectivity index (χ4n) is 1.74. The number of unbranched alkanes of at least 4 members (excludes halogenated alkanes) is 3. The van der Waals surface area contributed by atoms with E-state index in [4.69, 9.17) is 0 Å². The number of carbonyl (C=O) groups is 1. The summed E-state index contributed by atoms with van der Waals surface area (Å²) in [5.41, 5.74) is 1.62. The number of nitrogens with zero attached hydrogens (tertiary/aromatic N) is 1. The van der Waals surface area contributed by atoms with E-state index in [1.165, 1.54) is 30.6 Å². The number of nitrogens with one attached hydrogen (secondary N) is 1. The van der Waals surface area contributed by atoms with Gasteiger partial charge in [-0.2, -0.15) is 11.3 Å². The Bertz CT molecular complexity index is 505. The summed E-state index contributed by atoms with van der Waals surface area (Å²) in [6, 6.07) is 2.02. The van der Waals surface area contributed by atoms with Crippen LogP contribution in [-0.4, -0.2) is 17.4 Å². The van der Waals surface area contributed by atoms with Crippen LogP contribution in [-0.2, 0) is 0 Å². The van der Waals surface area contributed by atoms with E-state index in [1.54, 1.807) is 11.3 Å². The lowest BCUT2D eigenvalue weighted by molar-refractivity contribution is 0.0948. The van der Waals surface area contributed by atoms with Crippen LogP contribution in [0.4, 0.5) is 0 Å². The number of carbonyl (C=O) groups excluding carboxylic acids is 1. The summed E-state index contributed by atoms with van der Waals surface area (Å²) in [6.07, 6.45) is 4.66. The fraction of sp³-hybridized carbons (Fsp3) is 0.429. The van der Waals surface area contributed by atoms with Crippen molar-refractivity contribution in [3.05, 3.63) is 27.9 Å². The van der Waals surface area contributed by atoms with Gasteiger partial charge in [-0.25, -0.2) is 4.98 Å². The number of amides is 1. The lowest BCUT2D eigenvalue weighted by Crippen LogP contribution is -2.24. The van der Waals surface area contributed by atoms with Crippen LogP contribution >= 0.6 is 22.7 Å². The molecule has 0 fully saturated rings. The standard InChI is InChI=1S/C14H18N2OS2/c1-2-3-4-5-7-15-13(17)12-10-19-14(16-12)11-6-8-18-9-11/h6,8-10H,2-5,7H2,1H3,(H,15,17). The van der Waals surface area contributed by atoms with Crippen molar-refractivity contribution in [2.45, 2.75) is 32.6 Å². The minimum atomic E-state index is -0.0609. The molecule has 19 heavy (non-hydrogen) atoms. The normalized spacial score (nSPS) is 10.6. The number of hydrogen-bond acceptors (Lipinski definition) is 4. The van der Waals surface area contributed by atoms with Crippen LogP contribution in [0.3, 0.4) is 0 Å². The van der Waals surface area contributed by atoms with Gasteiger partial charge in [-0.3, -0.25) is 4.79 Å². The molecule has 0 bridgehead atoms.